The van der Waals surface area contributed by atoms with Crippen molar-refractivity contribution in [2.75, 3.05) is 26.3 Å². The van der Waals surface area contributed by atoms with Gasteiger partial charge >= 0.3 is 5.97 Å². The van der Waals surface area contributed by atoms with E-state index in [4.69, 9.17) is 4.74 Å². The third kappa shape index (κ3) is 4.19. The summed E-state index contributed by atoms with van der Waals surface area (Å²) in [6.07, 6.45) is -0.486. The Balaban J connectivity index is 1.82. The van der Waals surface area contributed by atoms with Gasteiger partial charge in [-0.25, -0.2) is 21.2 Å². The number of carboxylic acids is 1. The number of carboxylic acid groups (broad SMARTS) is 1. The number of fused-ring (bicyclic) bond motifs is 1. The predicted octanol–water partition coefficient (Wildman–Crippen LogP) is 0.327. The number of sulfonamides is 1. The fourth-order valence-electron chi connectivity index (χ4n) is 3.97. The fraction of sp³-hybridized carbons (Fsp3) is 0.333. The van der Waals surface area contributed by atoms with Crippen molar-refractivity contribution < 1.29 is 35.9 Å². The van der Waals surface area contributed by atoms with Crippen molar-refractivity contribution in [3.05, 3.63) is 52.8 Å². The lowest BCUT2D eigenvalue weighted by atomic mass is 10.0. The van der Waals surface area contributed by atoms with Gasteiger partial charge in [-0.15, -0.1) is 0 Å². The maximum atomic E-state index is 14.9. The van der Waals surface area contributed by atoms with E-state index in [0.29, 0.717) is 0 Å². The van der Waals surface area contributed by atoms with E-state index in [1.807, 2.05) is 0 Å². The van der Waals surface area contributed by atoms with Crippen molar-refractivity contribution in [1.82, 2.24) is 4.31 Å². The van der Waals surface area contributed by atoms with Gasteiger partial charge in [-0.1, -0.05) is 0 Å². The van der Waals surface area contributed by atoms with Crippen molar-refractivity contribution in [3.8, 4) is 0 Å². The topological polar surface area (TPSA) is 130 Å². The Labute approximate surface area is 189 Å². The molecule has 2 aliphatic rings. The van der Waals surface area contributed by atoms with Gasteiger partial charge in [0.2, 0.25) is 19.9 Å². The molecule has 0 amide bonds. The normalized spacial score (nSPS) is 19.2. The number of benzene rings is 2. The molecule has 2 heterocycles. The zero-order chi connectivity index (χ0) is 24.0. The number of hydrogen-bond acceptors (Lipinski definition) is 7. The number of aliphatic carboxylic acids is 1. The molecular weight excluding hydrogens is 475 g/mol. The van der Waals surface area contributed by atoms with E-state index in [9.17, 15) is 31.1 Å². The SMILES string of the molecule is CC1N=c2ccc(F)c(S(=O)(=O)c3ccc(S(=O)(=O)N4CCOCC4)cc3)c2=C1CC(=O)O. The minimum atomic E-state index is -4.45. The van der Waals surface area contributed by atoms with Crippen molar-refractivity contribution in [3.63, 3.8) is 0 Å². The second kappa shape index (κ2) is 8.60. The second-order valence-electron chi connectivity index (χ2n) is 7.66. The summed E-state index contributed by atoms with van der Waals surface area (Å²) >= 11 is 0. The van der Waals surface area contributed by atoms with Crippen LogP contribution in [0.25, 0.3) is 5.57 Å². The molecule has 4 rings (SSSR count). The molecule has 2 aromatic rings. The first-order chi connectivity index (χ1) is 15.5. The highest BCUT2D eigenvalue weighted by Crippen LogP contribution is 2.25. The molecule has 2 aliphatic heterocycles. The average molecular weight is 497 g/mol. The summed E-state index contributed by atoms with van der Waals surface area (Å²) in [5, 5.41) is 9.39. The standard InChI is InChI=1S/C21H21FN2O7S2/c1-13-16(12-19(25)26)20-18(23-13)7-6-17(22)21(20)32(27,28)14-2-4-15(5-3-14)33(29,30)24-8-10-31-11-9-24/h2-7,13H,8-12H2,1H3,(H,25,26). The molecule has 0 bridgehead atoms. The Hall–Kier alpha value is -2.67. The molecule has 176 valence electrons. The summed E-state index contributed by atoms with van der Waals surface area (Å²) in [6.45, 7) is 2.52. The first-order valence-electron chi connectivity index (χ1n) is 10.1. The van der Waals surface area contributed by atoms with Gasteiger partial charge < -0.3 is 9.84 Å². The number of carbonyl (C=O) groups is 1. The zero-order valence-corrected chi connectivity index (χ0v) is 19.2. The van der Waals surface area contributed by atoms with Crippen molar-refractivity contribution in [1.29, 1.82) is 0 Å². The quantitative estimate of drug-likeness (QED) is 0.610. The monoisotopic (exact) mass is 496 g/mol. The average Bonchev–Trinajstić information content (AvgIpc) is 3.08. The van der Waals surface area contributed by atoms with Crippen molar-refractivity contribution in [2.24, 2.45) is 4.99 Å². The molecule has 1 saturated heterocycles. The van der Waals surface area contributed by atoms with Crippen LogP contribution in [0.15, 0.2) is 56.1 Å². The summed E-state index contributed by atoms with van der Waals surface area (Å²) in [5.74, 6) is -2.23. The minimum Gasteiger partial charge on any atom is -0.481 e. The summed E-state index contributed by atoms with van der Waals surface area (Å²) in [4.78, 5) is 14.5. The Morgan fingerprint density at radius 3 is 2.30 bits per heavy atom. The van der Waals surface area contributed by atoms with Gasteiger partial charge in [0.25, 0.3) is 0 Å². The van der Waals surface area contributed by atoms with Crippen LogP contribution in [0.5, 0.6) is 0 Å². The number of hydrogen-bond donors (Lipinski definition) is 1. The number of sulfone groups is 1. The first-order valence-corrected chi connectivity index (χ1v) is 13.0. The lowest BCUT2D eigenvalue weighted by molar-refractivity contribution is -0.135. The highest BCUT2D eigenvalue weighted by Gasteiger charge is 2.31. The van der Waals surface area contributed by atoms with Gasteiger partial charge in [0.15, 0.2) is 0 Å². The molecule has 1 atom stereocenters. The lowest BCUT2D eigenvalue weighted by Crippen LogP contribution is -2.40. The third-order valence-corrected chi connectivity index (χ3v) is 9.34. The highest BCUT2D eigenvalue weighted by molar-refractivity contribution is 7.91. The molecule has 9 nitrogen and oxygen atoms in total. The molecule has 12 heteroatoms. The predicted molar refractivity (Wildman–Crippen MR) is 114 cm³/mol. The smallest absolute Gasteiger partial charge is 0.307 e. The van der Waals surface area contributed by atoms with Crippen LogP contribution in [0.2, 0.25) is 0 Å². The van der Waals surface area contributed by atoms with E-state index in [2.05, 4.69) is 4.99 Å². The van der Waals surface area contributed by atoms with Crippen LogP contribution in [-0.2, 0) is 29.4 Å². The molecule has 0 aliphatic carbocycles. The molecular formula is C21H21FN2O7S2. The number of rotatable bonds is 6. The Kier molecular flexibility index (Phi) is 6.12. The Morgan fingerprint density at radius 1 is 1.09 bits per heavy atom. The molecule has 33 heavy (non-hydrogen) atoms. The molecule has 1 fully saturated rings. The summed E-state index contributed by atoms with van der Waals surface area (Å²) in [6, 6.07) is 6.20. The van der Waals surface area contributed by atoms with Crippen LogP contribution < -0.4 is 10.6 Å². The molecule has 1 N–H and O–H groups in total. The van der Waals surface area contributed by atoms with Gasteiger partial charge in [-0.05, 0) is 48.9 Å². The maximum Gasteiger partial charge on any atom is 0.307 e. The van der Waals surface area contributed by atoms with E-state index in [0.717, 1.165) is 30.3 Å². The van der Waals surface area contributed by atoms with E-state index in [1.165, 1.54) is 10.4 Å². The fourth-order valence-corrected chi connectivity index (χ4v) is 6.93. The Morgan fingerprint density at radius 2 is 1.70 bits per heavy atom. The second-order valence-corrected chi connectivity index (χ2v) is 11.5. The first kappa shape index (κ1) is 23.5. The minimum absolute atomic E-state index is 0.0464. The van der Waals surface area contributed by atoms with Gasteiger partial charge in [-0.2, -0.15) is 4.31 Å². The van der Waals surface area contributed by atoms with E-state index in [-0.39, 0.29) is 52.2 Å². The van der Waals surface area contributed by atoms with Gasteiger partial charge in [-0.3, -0.25) is 9.79 Å². The van der Waals surface area contributed by atoms with Crippen LogP contribution in [0.3, 0.4) is 0 Å². The van der Waals surface area contributed by atoms with E-state index in [1.54, 1.807) is 6.92 Å². The molecule has 2 aromatic carbocycles. The van der Waals surface area contributed by atoms with Crippen LogP contribution in [0, 0.1) is 5.82 Å². The van der Waals surface area contributed by atoms with Crippen LogP contribution >= 0.6 is 0 Å². The number of ether oxygens (including phenoxy) is 1. The van der Waals surface area contributed by atoms with E-state index >= 15 is 0 Å². The number of morpholine rings is 1. The summed E-state index contributed by atoms with van der Waals surface area (Å²) in [7, 11) is -8.29. The third-order valence-electron chi connectivity index (χ3n) is 5.60. The number of halogens is 1. The molecule has 1 unspecified atom stereocenters. The van der Waals surface area contributed by atoms with E-state index < -0.39 is 49.0 Å². The maximum absolute atomic E-state index is 14.9. The van der Waals surface area contributed by atoms with Crippen LogP contribution in [-0.4, -0.2) is 64.6 Å². The van der Waals surface area contributed by atoms with Crippen molar-refractivity contribution >= 4 is 31.4 Å². The largest absolute Gasteiger partial charge is 0.481 e. The van der Waals surface area contributed by atoms with Crippen LogP contribution in [0.1, 0.15) is 13.3 Å². The van der Waals surface area contributed by atoms with Gasteiger partial charge in [0, 0.05) is 18.3 Å². The molecule has 0 radical (unpaired) electrons. The Bertz CT molecular complexity index is 1450. The molecule has 0 saturated carbocycles. The van der Waals surface area contributed by atoms with Gasteiger partial charge in [0.1, 0.15) is 10.7 Å². The summed E-state index contributed by atoms with van der Waals surface area (Å²) < 4.78 is 73.7. The van der Waals surface area contributed by atoms with Crippen molar-refractivity contribution in [2.45, 2.75) is 34.1 Å². The summed E-state index contributed by atoms with van der Waals surface area (Å²) in [5.41, 5.74) is 0.196. The zero-order valence-electron chi connectivity index (χ0n) is 17.6. The lowest BCUT2D eigenvalue weighted by Gasteiger charge is -2.26. The number of nitrogens with zero attached hydrogens (tertiary/aromatic N) is 2. The van der Waals surface area contributed by atoms with Gasteiger partial charge in [0.05, 0.1) is 40.8 Å². The molecule has 0 aromatic heterocycles. The molecule has 0 spiro atoms. The highest BCUT2D eigenvalue weighted by atomic mass is 32.2. The van der Waals surface area contributed by atoms with Crippen LogP contribution in [0.4, 0.5) is 4.39 Å².